The monoisotopic (exact) mass is 479 g/mol. The molecule has 0 N–H and O–H groups in total. The molecule has 0 atom stereocenters. The Balaban J connectivity index is 1.35. The van der Waals surface area contributed by atoms with Crippen molar-refractivity contribution in [2.75, 3.05) is 13.1 Å². The van der Waals surface area contributed by atoms with Gasteiger partial charge in [-0.05, 0) is 104 Å². The summed E-state index contributed by atoms with van der Waals surface area (Å²) >= 11 is 0. The van der Waals surface area contributed by atoms with Crippen LogP contribution in [0.1, 0.15) is 5.56 Å². The average molecular weight is 480 g/mol. The SMILES string of the molecule is Fc1ccc(P(c2ccc(F)cc2)c2ccccc2CN2C[C]3[CH][CH][CH][C]3[C]3[CH][CH][CH][C]3C2)cc1. The molecule has 0 unspecified atom stereocenters. The molecule has 1 heterocycles. The smallest absolute Gasteiger partial charge is 0.123 e. The van der Waals surface area contributed by atoms with E-state index in [0.29, 0.717) is 0 Å². The van der Waals surface area contributed by atoms with E-state index in [2.05, 4.69) is 67.7 Å². The zero-order valence-corrected chi connectivity index (χ0v) is 20.1. The maximum absolute atomic E-state index is 13.8. The summed E-state index contributed by atoms with van der Waals surface area (Å²) in [5.74, 6) is 4.87. The minimum Gasteiger partial charge on any atom is -0.298 e. The molecular weight excluding hydrogens is 455 g/mol. The van der Waals surface area contributed by atoms with Crippen molar-refractivity contribution in [3.05, 3.63) is 152 Å². The summed E-state index contributed by atoms with van der Waals surface area (Å²) in [4.78, 5) is 2.49. The van der Waals surface area contributed by atoms with Gasteiger partial charge in [-0.2, -0.15) is 0 Å². The van der Waals surface area contributed by atoms with Crippen LogP contribution in [0.3, 0.4) is 0 Å². The van der Waals surface area contributed by atoms with Gasteiger partial charge in [0.2, 0.25) is 0 Å². The second kappa shape index (κ2) is 10.1. The van der Waals surface area contributed by atoms with Crippen LogP contribution < -0.4 is 15.9 Å². The topological polar surface area (TPSA) is 3.24 Å². The molecule has 3 aliphatic rings. The van der Waals surface area contributed by atoms with Crippen molar-refractivity contribution in [2.45, 2.75) is 6.54 Å². The van der Waals surface area contributed by atoms with Crippen molar-refractivity contribution in [2.24, 2.45) is 0 Å². The number of benzene rings is 3. The van der Waals surface area contributed by atoms with Crippen LogP contribution in [-0.2, 0) is 6.54 Å². The van der Waals surface area contributed by atoms with Gasteiger partial charge in [0.1, 0.15) is 11.6 Å². The quantitative estimate of drug-likeness (QED) is 0.461. The average Bonchev–Trinajstić information content (AvgIpc) is 3.49. The lowest BCUT2D eigenvalue weighted by molar-refractivity contribution is 0.301. The van der Waals surface area contributed by atoms with Gasteiger partial charge in [0.25, 0.3) is 0 Å². The minimum absolute atomic E-state index is 0.253. The van der Waals surface area contributed by atoms with Crippen LogP contribution in [0.4, 0.5) is 8.78 Å². The molecule has 2 saturated carbocycles. The molecule has 3 aromatic carbocycles. The summed E-state index contributed by atoms with van der Waals surface area (Å²) in [7, 11) is -0.972. The van der Waals surface area contributed by atoms with Crippen LogP contribution in [0, 0.1) is 73.8 Å². The second-order valence-electron chi connectivity index (χ2n) is 8.99. The van der Waals surface area contributed by atoms with Gasteiger partial charge in [-0.3, -0.25) is 4.90 Å². The number of hydrogen-bond acceptors (Lipinski definition) is 1. The number of likely N-dealkylation sites (tertiary alicyclic amines) is 1. The van der Waals surface area contributed by atoms with Gasteiger partial charge in [0, 0.05) is 31.5 Å². The number of halogens is 2. The van der Waals surface area contributed by atoms with Gasteiger partial charge >= 0.3 is 0 Å². The van der Waals surface area contributed by atoms with E-state index in [1.807, 2.05) is 24.3 Å². The molecule has 1 nitrogen and oxygen atoms in total. The lowest BCUT2D eigenvalue weighted by atomic mass is 9.79. The number of rotatable bonds is 5. The van der Waals surface area contributed by atoms with E-state index in [9.17, 15) is 8.78 Å². The van der Waals surface area contributed by atoms with Crippen LogP contribution in [0.15, 0.2) is 72.8 Å². The van der Waals surface area contributed by atoms with Crippen LogP contribution in [0.2, 0.25) is 0 Å². The molecule has 1 aliphatic heterocycles. The van der Waals surface area contributed by atoms with E-state index in [1.54, 1.807) is 0 Å². The molecule has 10 radical (unpaired) electrons. The minimum atomic E-state index is -0.972. The van der Waals surface area contributed by atoms with Gasteiger partial charge in [-0.1, -0.05) is 48.5 Å². The molecule has 3 aromatic rings. The van der Waals surface area contributed by atoms with Gasteiger partial charge in [0.15, 0.2) is 0 Å². The van der Waals surface area contributed by atoms with Crippen molar-refractivity contribution in [3.8, 4) is 0 Å². The third kappa shape index (κ3) is 4.83. The fraction of sp³-hybridized carbons (Fsp3) is 0.0968. The molecule has 0 spiro atoms. The fourth-order valence-corrected chi connectivity index (χ4v) is 7.49. The molecule has 172 valence electrons. The Morgan fingerprint density at radius 1 is 0.629 bits per heavy atom. The Labute approximate surface area is 209 Å². The predicted octanol–water partition coefficient (Wildman–Crippen LogP) is 5.09. The molecule has 0 amide bonds. The van der Waals surface area contributed by atoms with Gasteiger partial charge < -0.3 is 0 Å². The molecule has 1 saturated heterocycles. The third-order valence-electron chi connectivity index (χ3n) is 6.69. The number of fused-ring (bicyclic) bond motifs is 3. The zero-order chi connectivity index (χ0) is 23.8. The van der Waals surface area contributed by atoms with Crippen LogP contribution >= 0.6 is 7.92 Å². The van der Waals surface area contributed by atoms with E-state index >= 15 is 0 Å². The number of hydrogen-bond donors (Lipinski definition) is 0. The first-order valence-electron chi connectivity index (χ1n) is 11.8. The standard InChI is InChI=1S/C31H24F2NP/c32-25-11-15-27(16-12-25)35(28-17-13-26(33)14-18-28)31-10-2-1-5-24(31)21-34-19-22-6-3-8-29(22)30-9-4-7-23(30)20-34/h1-18H,19-21H2. The Morgan fingerprint density at radius 2 is 1.14 bits per heavy atom. The Kier molecular flexibility index (Phi) is 6.74. The summed E-state index contributed by atoms with van der Waals surface area (Å²) in [6, 6.07) is 22.0. The number of nitrogens with zero attached hydrogens (tertiary/aromatic N) is 1. The molecule has 6 rings (SSSR count). The second-order valence-corrected chi connectivity index (χ2v) is 11.2. The van der Waals surface area contributed by atoms with Crippen LogP contribution in [0.25, 0.3) is 0 Å². The molecule has 0 bridgehead atoms. The lowest BCUT2D eigenvalue weighted by Gasteiger charge is -2.28. The zero-order valence-electron chi connectivity index (χ0n) is 19.2. The van der Waals surface area contributed by atoms with E-state index in [1.165, 1.54) is 58.8 Å². The normalized spacial score (nSPS) is 20.3. The van der Waals surface area contributed by atoms with E-state index in [-0.39, 0.29) is 11.6 Å². The highest BCUT2D eigenvalue weighted by Crippen LogP contribution is 2.51. The lowest BCUT2D eigenvalue weighted by Crippen LogP contribution is -2.32. The maximum Gasteiger partial charge on any atom is 0.123 e. The highest BCUT2D eigenvalue weighted by molar-refractivity contribution is 7.79. The molecule has 2 aliphatic carbocycles. The Bertz CT molecular complexity index is 1080. The van der Waals surface area contributed by atoms with E-state index < -0.39 is 7.92 Å². The molecule has 35 heavy (non-hydrogen) atoms. The maximum atomic E-state index is 13.8. The predicted molar refractivity (Wildman–Crippen MR) is 139 cm³/mol. The first-order valence-corrected chi connectivity index (χ1v) is 13.1. The van der Waals surface area contributed by atoms with Gasteiger partial charge in [-0.25, -0.2) is 8.78 Å². The largest absolute Gasteiger partial charge is 0.298 e. The molecule has 0 aromatic heterocycles. The van der Waals surface area contributed by atoms with Crippen LogP contribution in [0.5, 0.6) is 0 Å². The first-order chi connectivity index (χ1) is 17.2. The highest BCUT2D eigenvalue weighted by atomic mass is 31.1. The Morgan fingerprint density at radius 3 is 1.69 bits per heavy atom. The first kappa shape index (κ1) is 23.3. The van der Waals surface area contributed by atoms with Crippen molar-refractivity contribution in [1.29, 1.82) is 0 Å². The summed E-state index contributed by atoms with van der Waals surface area (Å²) < 4.78 is 27.5. The summed E-state index contributed by atoms with van der Waals surface area (Å²) in [5.41, 5.74) is 1.25. The van der Waals surface area contributed by atoms with E-state index in [0.717, 1.165) is 30.2 Å². The van der Waals surface area contributed by atoms with Crippen LogP contribution in [-0.4, -0.2) is 18.0 Å². The van der Waals surface area contributed by atoms with Crippen molar-refractivity contribution in [1.82, 2.24) is 4.90 Å². The highest BCUT2D eigenvalue weighted by Gasteiger charge is 2.45. The summed E-state index contributed by atoms with van der Waals surface area (Å²) in [5, 5.41) is 3.32. The Hall–Kier alpha value is -2.09. The van der Waals surface area contributed by atoms with Gasteiger partial charge in [0.05, 0.1) is 0 Å². The van der Waals surface area contributed by atoms with E-state index in [4.69, 9.17) is 0 Å². The fourth-order valence-electron chi connectivity index (χ4n) is 5.08. The van der Waals surface area contributed by atoms with Crippen molar-refractivity contribution < 1.29 is 8.78 Å². The summed E-state index contributed by atoms with van der Waals surface area (Å²) in [6.45, 7) is 2.57. The van der Waals surface area contributed by atoms with Gasteiger partial charge in [-0.15, -0.1) is 0 Å². The summed E-state index contributed by atoms with van der Waals surface area (Å²) in [6.07, 6.45) is 13.2. The van der Waals surface area contributed by atoms with Crippen molar-refractivity contribution in [3.63, 3.8) is 0 Å². The van der Waals surface area contributed by atoms with Crippen molar-refractivity contribution >= 4 is 23.8 Å². The third-order valence-corrected chi connectivity index (χ3v) is 9.23. The molecule has 4 heteroatoms. The molecule has 3 fully saturated rings. The molecular formula is C31H24F2NP.